The number of rotatable bonds is 5. The van der Waals surface area contributed by atoms with Gasteiger partial charge in [0.05, 0.1) is 6.16 Å². The molecule has 0 aliphatic rings. The van der Waals surface area contributed by atoms with E-state index in [9.17, 15) is 9.36 Å². The van der Waals surface area contributed by atoms with Crippen molar-refractivity contribution in [1.82, 2.24) is 0 Å². The third-order valence-electron chi connectivity index (χ3n) is 1.53. The molecular formula is C5H12NO5PS. The van der Waals surface area contributed by atoms with Gasteiger partial charge in [-0.1, -0.05) is 0 Å². The van der Waals surface area contributed by atoms with Crippen molar-refractivity contribution in [3.05, 3.63) is 0 Å². The van der Waals surface area contributed by atoms with E-state index in [1.807, 2.05) is 0 Å². The molecule has 0 aliphatic carbocycles. The Morgan fingerprint density at radius 3 is 2.54 bits per heavy atom. The Morgan fingerprint density at radius 1 is 1.77 bits per heavy atom. The summed E-state index contributed by atoms with van der Waals surface area (Å²) in [5.74, 6) is -1.23. The van der Waals surface area contributed by atoms with E-state index >= 15 is 0 Å². The van der Waals surface area contributed by atoms with E-state index in [2.05, 4.69) is 16.9 Å². The summed E-state index contributed by atoms with van der Waals surface area (Å²) in [6, 6.07) is 0. The molecule has 0 aromatic rings. The number of hydrogen-bond acceptors (Lipinski definition) is 5. The van der Waals surface area contributed by atoms with Crippen molar-refractivity contribution >= 4 is 26.5 Å². The van der Waals surface area contributed by atoms with Gasteiger partial charge in [-0.05, 0) is 26.3 Å². The number of carbonyl (C=O) groups is 1. The van der Waals surface area contributed by atoms with E-state index in [4.69, 9.17) is 15.7 Å². The van der Waals surface area contributed by atoms with Gasteiger partial charge in [-0.3, -0.25) is 9.36 Å². The van der Waals surface area contributed by atoms with Crippen molar-refractivity contribution in [2.75, 3.05) is 6.16 Å². The van der Waals surface area contributed by atoms with Crippen LogP contribution in [0.3, 0.4) is 0 Å². The fourth-order valence-corrected chi connectivity index (χ4v) is 1.59. The average Bonchev–Trinajstić information content (AvgIpc) is 2.01. The average molecular weight is 229 g/mol. The summed E-state index contributed by atoms with van der Waals surface area (Å²) < 4.78 is 14.8. The summed E-state index contributed by atoms with van der Waals surface area (Å²) in [6.07, 6.45) is -0.494. The summed E-state index contributed by atoms with van der Waals surface area (Å²) in [6.45, 7) is 1.26. The topological polar surface area (TPSA) is 110 Å². The molecule has 0 aromatic heterocycles. The third kappa shape index (κ3) is 4.64. The summed E-state index contributed by atoms with van der Waals surface area (Å²) in [5, 5.41) is 8.55. The molecule has 0 bridgehead atoms. The van der Waals surface area contributed by atoms with Gasteiger partial charge in [-0.2, -0.15) is 0 Å². The predicted octanol–water partition coefficient (Wildman–Crippen LogP) is 0.225. The molecule has 0 fully saturated rings. The van der Waals surface area contributed by atoms with E-state index in [-0.39, 0.29) is 12.6 Å². The minimum Gasteiger partial charge on any atom is -0.480 e. The standard InChI is InChI=1S/C5H12NO5PS/c1-5(6,4(7)8)2-3-12(9,10)11-13/h13H,2-3,6H2,1H3,(H,7,8)(H,9,10)/t5-/m0/s1. The molecule has 6 nitrogen and oxygen atoms in total. The van der Waals surface area contributed by atoms with Gasteiger partial charge in [0.2, 0.25) is 0 Å². The van der Waals surface area contributed by atoms with Crippen LogP contribution in [0.5, 0.6) is 0 Å². The normalized spacial score (nSPS) is 20.3. The van der Waals surface area contributed by atoms with Crippen LogP contribution in [0.2, 0.25) is 0 Å². The number of carboxylic acids is 1. The van der Waals surface area contributed by atoms with Crippen LogP contribution in [-0.4, -0.2) is 27.7 Å². The fraction of sp³-hybridized carbons (Fsp3) is 0.800. The molecule has 0 saturated carbocycles. The molecule has 0 heterocycles. The van der Waals surface area contributed by atoms with Crippen LogP contribution >= 0.6 is 20.5 Å². The summed E-state index contributed by atoms with van der Waals surface area (Å²) in [7, 11) is -3.79. The minimum atomic E-state index is -3.79. The molecule has 0 rings (SSSR count). The molecule has 0 radical (unpaired) electrons. The van der Waals surface area contributed by atoms with Gasteiger partial charge in [-0.15, -0.1) is 0 Å². The van der Waals surface area contributed by atoms with E-state index in [0.29, 0.717) is 0 Å². The molecular weight excluding hydrogens is 217 g/mol. The molecule has 2 atom stereocenters. The van der Waals surface area contributed by atoms with E-state index in [1.165, 1.54) is 6.92 Å². The van der Waals surface area contributed by atoms with Crippen LogP contribution in [0, 0.1) is 0 Å². The van der Waals surface area contributed by atoms with Crippen molar-refractivity contribution in [2.45, 2.75) is 18.9 Å². The molecule has 0 amide bonds. The maximum Gasteiger partial charge on any atom is 0.338 e. The summed E-state index contributed by atoms with van der Waals surface area (Å²) in [5.41, 5.74) is 3.79. The molecule has 78 valence electrons. The van der Waals surface area contributed by atoms with Gasteiger partial charge in [0, 0.05) is 0 Å². The maximum absolute atomic E-state index is 10.9. The highest BCUT2D eigenvalue weighted by Crippen LogP contribution is 2.44. The van der Waals surface area contributed by atoms with Gasteiger partial charge in [-0.25, -0.2) is 3.97 Å². The Hall–Kier alpha value is -0.0700. The van der Waals surface area contributed by atoms with E-state index in [1.54, 1.807) is 0 Å². The third-order valence-corrected chi connectivity index (χ3v) is 3.34. The van der Waals surface area contributed by atoms with Crippen LogP contribution in [0.4, 0.5) is 0 Å². The second-order valence-corrected chi connectivity index (χ2v) is 5.29. The molecule has 13 heavy (non-hydrogen) atoms. The smallest absolute Gasteiger partial charge is 0.338 e. The molecule has 8 heteroatoms. The largest absolute Gasteiger partial charge is 0.480 e. The van der Waals surface area contributed by atoms with Gasteiger partial charge in [0.1, 0.15) is 5.54 Å². The molecule has 0 aromatic carbocycles. The zero-order valence-electron chi connectivity index (χ0n) is 7.01. The Morgan fingerprint density at radius 2 is 2.23 bits per heavy atom. The summed E-state index contributed by atoms with van der Waals surface area (Å²) >= 11 is 3.18. The van der Waals surface area contributed by atoms with Gasteiger partial charge >= 0.3 is 13.6 Å². The minimum absolute atomic E-state index is 0.156. The van der Waals surface area contributed by atoms with Crippen molar-refractivity contribution in [2.24, 2.45) is 5.73 Å². The molecule has 0 saturated heterocycles. The Labute approximate surface area is 81.2 Å². The zero-order chi connectivity index (χ0) is 10.7. The van der Waals surface area contributed by atoms with E-state index in [0.717, 1.165) is 0 Å². The number of carboxylic acid groups (broad SMARTS) is 1. The first kappa shape index (κ1) is 12.9. The van der Waals surface area contributed by atoms with Gasteiger partial charge in [0.25, 0.3) is 0 Å². The number of aliphatic carboxylic acids is 1. The Bertz CT molecular complexity index is 243. The van der Waals surface area contributed by atoms with Gasteiger partial charge in [0.15, 0.2) is 0 Å². The van der Waals surface area contributed by atoms with Crippen LogP contribution in [0.25, 0.3) is 0 Å². The molecule has 0 aliphatic heterocycles. The van der Waals surface area contributed by atoms with Crippen molar-refractivity contribution in [3.8, 4) is 0 Å². The van der Waals surface area contributed by atoms with Crippen molar-refractivity contribution in [3.63, 3.8) is 0 Å². The second-order valence-electron chi connectivity index (χ2n) is 2.92. The SMILES string of the molecule is C[C@](N)(CCP(=O)(O)OS)C(=O)O. The summed E-state index contributed by atoms with van der Waals surface area (Å²) in [4.78, 5) is 19.3. The lowest BCUT2D eigenvalue weighted by Gasteiger charge is -2.19. The lowest BCUT2D eigenvalue weighted by molar-refractivity contribution is -0.142. The predicted molar refractivity (Wildman–Crippen MR) is 49.6 cm³/mol. The second kappa shape index (κ2) is 4.43. The maximum atomic E-state index is 10.9. The number of nitrogens with two attached hydrogens (primary N) is 1. The fourth-order valence-electron chi connectivity index (χ4n) is 0.521. The lowest BCUT2D eigenvalue weighted by Crippen LogP contribution is -2.45. The van der Waals surface area contributed by atoms with Crippen molar-refractivity contribution in [1.29, 1.82) is 0 Å². The first-order valence-electron chi connectivity index (χ1n) is 3.38. The molecule has 1 unspecified atom stereocenters. The number of hydrogen-bond donors (Lipinski definition) is 4. The zero-order valence-corrected chi connectivity index (χ0v) is 8.79. The molecule has 4 N–H and O–H groups in total. The highest BCUT2D eigenvalue weighted by Gasteiger charge is 2.31. The first-order chi connectivity index (χ1) is 5.71. The monoisotopic (exact) mass is 229 g/mol. The highest BCUT2D eigenvalue weighted by atomic mass is 32.1. The highest BCUT2D eigenvalue weighted by molar-refractivity contribution is 7.81. The lowest BCUT2D eigenvalue weighted by atomic mass is 10.0. The van der Waals surface area contributed by atoms with Crippen LogP contribution in [-0.2, 0) is 13.3 Å². The van der Waals surface area contributed by atoms with Crippen LogP contribution < -0.4 is 5.73 Å². The van der Waals surface area contributed by atoms with E-state index < -0.39 is 19.1 Å². The first-order valence-corrected chi connectivity index (χ1v) is 5.51. The quantitative estimate of drug-likeness (QED) is 0.305. The van der Waals surface area contributed by atoms with Gasteiger partial charge < -0.3 is 15.7 Å². The molecule has 0 spiro atoms. The van der Waals surface area contributed by atoms with Crippen LogP contribution in [0.15, 0.2) is 0 Å². The van der Waals surface area contributed by atoms with Crippen molar-refractivity contribution < 1.29 is 23.3 Å². The number of thiol groups is 1. The Balaban J connectivity index is 4.18. The Kier molecular flexibility index (Phi) is 4.41. The van der Waals surface area contributed by atoms with Crippen LogP contribution in [0.1, 0.15) is 13.3 Å².